The Morgan fingerprint density at radius 2 is 2.20 bits per heavy atom. The summed E-state index contributed by atoms with van der Waals surface area (Å²) in [4.78, 5) is 17.0. The molecule has 4 aromatic rings. The Bertz CT molecular complexity index is 1120. The van der Waals surface area contributed by atoms with Crippen molar-refractivity contribution in [3.05, 3.63) is 60.3 Å². The van der Waals surface area contributed by atoms with Crippen LogP contribution >= 0.6 is 23.1 Å². The Labute approximate surface area is 182 Å². The molecule has 3 heterocycles. The van der Waals surface area contributed by atoms with E-state index in [1.807, 2.05) is 28.8 Å². The summed E-state index contributed by atoms with van der Waals surface area (Å²) in [7, 11) is 0. The van der Waals surface area contributed by atoms with Crippen molar-refractivity contribution < 1.29 is 9.21 Å². The lowest BCUT2D eigenvalue weighted by atomic mass is 10.2. The molecule has 0 aliphatic rings. The molecule has 1 amide bonds. The standard InChI is InChI=1S/C21H21N5O2S2/c1-3-10-26-19(16-8-6-11-28-16)24-25-21(26)29-13-18(27)22-12-14(2)20-23-15-7-4-5-9-17(15)30-20/h3-9,11,14H,1,10,12-13H2,2H3,(H,22,27). The Balaban J connectivity index is 1.34. The van der Waals surface area contributed by atoms with Crippen molar-refractivity contribution >= 4 is 39.2 Å². The summed E-state index contributed by atoms with van der Waals surface area (Å²) in [6.45, 7) is 6.93. The highest BCUT2D eigenvalue weighted by Gasteiger charge is 2.17. The van der Waals surface area contributed by atoms with Gasteiger partial charge in [-0.2, -0.15) is 0 Å². The number of carbonyl (C=O) groups excluding carboxylic acids is 1. The van der Waals surface area contributed by atoms with Gasteiger partial charge in [0.25, 0.3) is 0 Å². The summed E-state index contributed by atoms with van der Waals surface area (Å²) in [5.74, 6) is 1.59. The summed E-state index contributed by atoms with van der Waals surface area (Å²) >= 11 is 3.01. The highest BCUT2D eigenvalue weighted by atomic mass is 32.2. The smallest absolute Gasteiger partial charge is 0.230 e. The van der Waals surface area contributed by atoms with E-state index in [4.69, 9.17) is 4.42 Å². The zero-order chi connectivity index (χ0) is 20.9. The first-order chi connectivity index (χ1) is 14.7. The molecule has 0 aliphatic carbocycles. The number of fused-ring (bicyclic) bond motifs is 1. The number of allylic oxidation sites excluding steroid dienone is 1. The quantitative estimate of drug-likeness (QED) is 0.308. The molecule has 0 saturated carbocycles. The van der Waals surface area contributed by atoms with Crippen molar-refractivity contribution in [2.45, 2.75) is 24.5 Å². The van der Waals surface area contributed by atoms with E-state index in [0.717, 1.165) is 15.2 Å². The number of carbonyl (C=O) groups is 1. The third-order valence-electron chi connectivity index (χ3n) is 4.44. The second kappa shape index (κ2) is 9.27. The van der Waals surface area contributed by atoms with Crippen molar-refractivity contribution in [1.29, 1.82) is 0 Å². The number of rotatable bonds is 9. The zero-order valence-electron chi connectivity index (χ0n) is 16.4. The topological polar surface area (TPSA) is 85.8 Å². The lowest BCUT2D eigenvalue weighted by Gasteiger charge is -2.10. The minimum atomic E-state index is -0.0549. The second-order valence-electron chi connectivity index (χ2n) is 6.70. The fourth-order valence-corrected chi connectivity index (χ4v) is 4.71. The molecule has 0 bridgehead atoms. The van der Waals surface area contributed by atoms with Crippen molar-refractivity contribution in [1.82, 2.24) is 25.1 Å². The molecule has 154 valence electrons. The molecule has 3 aromatic heterocycles. The molecular weight excluding hydrogens is 418 g/mol. The lowest BCUT2D eigenvalue weighted by molar-refractivity contribution is -0.118. The molecule has 0 saturated heterocycles. The van der Waals surface area contributed by atoms with Crippen molar-refractivity contribution in [3.8, 4) is 11.6 Å². The molecule has 1 aromatic carbocycles. The predicted molar refractivity (Wildman–Crippen MR) is 120 cm³/mol. The second-order valence-corrected chi connectivity index (χ2v) is 8.70. The first-order valence-corrected chi connectivity index (χ1v) is 11.3. The summed E-state index contributed by atoms with van der Waals surface area (Å²) in [6, 6.07) is 11.7. The molecule has 1 unspecified atom stereocenters. The Kier molecular flexibility index (Phi) is 6.29. The molecule has 0 spiro atoms. The first kappa shape index (κ1) is 20.4. The molecule has 0 fully saturated rings. The Morgan fingerprint density at radius 3 is 2.97 bits per heavy atom. The van der Waals surface area contributed by atoms with Gasteiger partial charge in [-0.25, -0.2) is 4.98 Å². The number of nitrogens with zero attached hydrogens (tertiary/aromatic N) is 4. The van der Waals surface area contributed by atoms with Crippen molar-refractivity contribution in [2.75, 3.05) is 12.3 Å². The highest BCUT2D eigenvalue weighted by Crippen LogP contribution is 2.27. The van der Waals surface area contributed by atoms with Gasteiger partial charge in [0, 0.05) is 19.0 Å². The first-order valence-electron chi connectivity index (χ1n) is 9.48. The third-order valence-corrected chi connectivity index (χ3v) is 6.67. The number of thiazole rings is 1. The summed E-state index contributed by atoms with van der Waals surface area (Å²) in [6.07, 6.45) is 3.36. The number of para-hydroxylation sites is 1. The fraction of sp³-hybridized carbons (Fsp3) is 0.238. The van der Waals surface area contributed by atoms with Crippen LogP contribution in [0.25, 0.3) is 21.8 Å². The predicted octanol–water partition coefficient (Wildman–Crippen LogP) is 4.35. The SMILES string of the molecule is C=CCn1c(SCC(=O)NCC(C)c2nc3ccccc3s2)nnc1-c1ccco1. The number of hydrogen-bond acceptors (Lipinski definition) is 7. The van der Waals surface area contributed by atoms with Crippen LogP contribution in [0.2, 0.25) is 0 Å². The van der Waals surface area contributed by atoms with Crippen LogP contribution in [-0.4, -0.2) is 38.0 Å². The van der Waals surface area contributed by atoms with E-state index < -0.39 is 0 Å². The van der Waals surface area contributed by atoms with Gasteiger partial charge in [0.1, 0.15) is 0 Å². The van der Waals surface area contributed by atoms with Crippen LogP contribution in [-0.2, 0) is 11.3 Å². The van der Waals surface area contributed by atoms with Crippen LogP contribution in [0.4, 0.5) is 0 Å². The summed E-state index contributed by atoms with van der Waals surface area (Å²) < 4.78 is 8.47. The van der Waals surface area contributed by atoms with Gasteiger partial charge in [0.2, 0.25) is 11.7 Å². The Hall–Kier alpha value is -2.91. The van der Waals surface area contributed by atoms with E-state index in [2.05, 4.69) is 40.1 Å². The van der Waals surface area contributed by atoms with E-state index in [0.29, 0.717) is 29.8 Å². The number of nitrogens with one attached hydrogen (secondary N) is 1. The monoisotopic (exact) mass is 439 g/mol. The van der Waals surface area contributed by atoms with Crippen LogP contribution in [0.15, 0.2) is 64.9 Å². The maximum Gasteiger partial charge on any atom is 0.230 e. The number of aromatic nitrogens is 4. The largest absolute Gasteiger partial charge is 0.461 e. The lowest BCUT2D eigenvalue weighted by Crippen LogP contribution is -2.29. The maximum absolute atomic E-state index is 12.4. The minimum absolute atomic E-state index is 0.0549. The number of thioether (sulfide) groups is 1. The molecule has 1 N–H and O–H groups in total. The zero-order valence-corrected chi connectivity index (χ0v) is 18.1. The maximum atomic E-state index is 12.4. The summed E-state index contributed by atoms with van der Waals surface area (Å²) in [5.41, 5.74) is 1.00. The molecule has 7 nitrogen and oxygen atoms in total. The van der Waals surface area contributed by atoms with Crippen molar-refractivity contribution in [3.63, 3.8) is 0 Å². The van der Waals surface area contributed by atoms with Gasteiger partial charge >= 0.3 is 0 Å². The van der Waals surface area contributed by atoms with Gasteiger partial charge in [-0.3, -0.25) is 9.36 Å². The van der Waals surface area contributed by atoms with E-state index in [1.165, 1.54) is 11.8 Å². The van der Waals surface area contributed by atoms with Crippen LogP contribution in [0.3, 0.4) is 0 Å². The fourth-order valence-electron chi connectivity index (χ4n) is 2.91. The average Bonchev–Trinajstić information content (AvgIpc) is 3.49. The van der Waals surface area contributed by atoms with E-state index in [9.17, 15) is 4.79 Å². The van der Waals surface area contributed by atoms with Crippen molar-refractivity contribution in [2.24, 2.45) is 0 Å². The molecule has 4 rings (SSSR count). The van der Waals surface area contributed by atoms with E-state index >= 15 is 0 Å². The molecule has 0 radical (unpaired) electrons. The molecular formula is C21H21N5O2S2. The van der Waals surface area contributed by atoms with Gasteiger partial charge in [-0.1, -0.05) is 36.9 Å². The molecule has 9 heteroatoms. The van der Waals surface area contributed by atoms with Gasteiger partial charge in [-0.15, -0.1) is 28.1 Å². The van der Waals surface area contributed by atoms with Crippen LogP contribution in [0.1, 0.15) is 17.8 Å². The van der Waals surface area contributed by atoms with E-state index in [-0.39, 0.29) is 17.6 Å². The molecule has 0 aliphatic heterocycles. The van der Waals surface area contributed by atoms with Gasteiger partial charge in [0.15, 0.2) is 10.9 Å². The third kappa shape index (κ3) is 4.47. The highest BCUT2D eigenvalue weighted by molar-refractivity contribution is 7.99. The average molecular weight is 440 g/mol. The van der Waals surface area contributed by atoms with Crippen LogP contribution in [0, 0.1) is 0 Å². The number of hydrogen-bond donors (Lipinski definition) is 1. The van der Waals surface area contributed by atoms with Gasteiger partial charge in [-0.05, 0) is 24.3 Å². The number of benzene rings is 1. The molecule has 1 atom stereocenters. The number of amides is 1. The molecule has 30 heavy (non-hydrogen) atoms. The van der Waals surface area contributed by atoms with Crippen LogP contribution in [0.5, 0.6) is 0 Å². The Morgan fingerprint density at radius 1 is 1.33 bits per heavy atom. The normalized spacial score (nSPS) is 12.2. The number of furan rings is 1. The van der Waals surface area contributed by atoms with Gasteiger partial charge in [0.05, 0.1) is 27.2 Å². The minimum Gasteiger partial charge on any atom is -0.461 e. The van der Waals surface area contributed by atoms with Gasteiger partial charge < -0.3 is 9.73 Å². The van der Waals surface area contributed by atoms with E-state index in [1.54, 1.807) is 29.7 Å². The summed E-state index contributed by atoms with van der Waals surface area (Å²) in [5, 5.41) is 13.1. The van der Waals surface area contributed by atoms with Crippen LogP contribution < -0.4 is 5.32 Å².